The summed E-state index contributed by atoms with van der Waals surface area (Å²) in [5.41, 5.74) is 0.348. The number of aliphatic hydroxyl groups excluding tert-OH is 1. The molecule has 0 aromatic heterocycles. The van der Waals surface area contributed by atoms with Crippen LogP contribution in [0.3, 0.4) is 0 Å². The van der Waals surface area contributed by atoms with Crippen LogP contribution < -0.4 is 5.32 Å². The Labute approximate surface area is 85.0 Å². The molecule has 0 fully saturated rings. The summed E-state index contributed by atoms with van der Waals surface area (Å²) in [7, 11) is 0. The zero-order valence-corrected chi connectivity index (χ0v) is 9.26. The van der Waals surface area contributed by atoms with Gasteiger partial charge in [0, 0.05) is 6.54 Å². The number of carbonyl (C=O) groups is 1. The van der Waals surface area contributed by atoms with Gasteiger partial charge in [-0.05, 0) is 27.7 Å². The van der Waals surface area contributed by atoms with Crippen LogP contribution in [-0.2, 0) is 4.74 Å². The number of nitrogens with one attached hydrogen (secondary N) is 1. The standard InChI is InChI=1S/C10H19NO3/c1-8(7-12)5-6-11-9(13)14-10(2,3)4/h5,12H,6-7H2,1-4H3,(H,11,13)/b8-5-. The summed E-state index contributed by atoms with van der Waals surface area (Å²) in [5, 5.41) is 11.2. The Kier molecular flexibility index (Phi) is 5.23. The molecule has 0 aromatic carbocycles. The molecule has 4 heteroatoms. The van der Waals surface area contributed by atoms with E-state index in [2.05, 4.69) is 5.32 Å². The highest BCUT2D eigenvalue weighted by atomic mass is 16.6. The first kappa shape index (κ1) is 13.0. The van der Waals surface area contributed by atoms with Crippen molar-refractivity contribution in [1.82, 2.24) is 5.32 Å². The molecule has 0 atom stereocenters. The highest BCUT2D eigenvalue weighted by molar-refractivity contribution is 5.67. The van der Waals surface area contributed by atoms with Crippen LogP contribution in [0.1, 0.15) is 27.7 Å². The lowest BCUT2D eigenvalue weighted by Gasteiger charge is -2.19. The average Bonchev–Trinajstić information content (AvgIpc) is 2.00. The molecule has 0 bridgehead atoms. The van der Waals surface area contributed by atoms with E-state index in [0.29, 0.717) is 6.54 Å². The van der Waals surface area contributed by atoms with Crippen LogP contribution in [0, 0.1) is 0 Å². The summed E-state index contributed by atoms with van der Waals surface area (Å²) in [6.45, 7) is 7.60. The molecule has 0 aliphatic heterocycles. The van der Waals surface area contributed by atoms with E-state index in [9.17, 15) is 4.79 Å². The van der Waals surface area contributed by atoms with Crippen molar-refractivity contribution in [2.24, 2.45) is 0 Å². The fourth-order valence-corrected chi connectivity index (χ4v) is 0.687. The molecule has 2 N–H and O–H groups in total. The quantitative estimate of drug-likeness (QED) is 0.679. The van der Waals surface area contributed by atoms with E-state index < -0.39 is 11.7 Å². The molecule has 0 saturated heterocycles. The van der Waals surface area contributed by atoms with Gasteiger partial charge >= 0.3 is 6.09 Å². The number of aliphatic hydroxyl groups is 1. The van der Waals surface area contributed by atoms with Gasteiger partial charge < -0.3 is 15.2 Å². The van der Waals surface area contributed by atoms with Gasteiger partial charge in [-0.15, -0.1) is 0 Å². The minimum absolute atomic E-state index is 0.00992. The van der Waals surface area contributed by atoms with Crippen LogP contribution >= 0.6 is 0 Å². The summed E-state index contributed by atoms with van der Waals surface area (Å²) >= 11 is 0. The normalized spacial score (nSPS) is 12.5. The fourth-order valence-electron chi connectivity index (χ4n) is 0.687. The van der Waals surface area contributed by atoms with Gasteiger partial charge in [-0.1, -0.05) is 11.6 Å². The van der Waals surface area contributed by atoms with Crippen LogP contribution in [0.15, 0.2) is 11.6 Å². The zero-order valence-electron chi connectivity index (χ0n) is 9.26. The SMILES string of the molecule is C/C(=C/CNC(=O)OC(C)(C)C)CO. The molecule has 0 aromatic rings. The van der Waals surface area contributed by atoms with E-state index in [0.717, 1.165) is 5.57 Å². The topological polar surface area (TPSA) is 58.6 Å². The van der Waals surface area contributed by atoms with Crippen molar-refractivity contribution >= 4 is 6.09 Å². The maximum absolute atomic E-state index is 11.1. The number of carbonyl (C=O) groups excluding carboxylic acids is 1. The lowest BCUT2D eigenvalue weighted by Crippen LogP contribution is -2.32. The number of ether oxygens (including phenoxy) is 1. The predicted molar refractivity (Wildman–Crippen MR) is 55.1 cm³/mol. The Balaban J connectivity index is 3.76. The first-order valence-corrected chi connectivity index (χ1v) is 4.58. The maximum Gasteiger partial charge on any atom is 0.407 e. The third-order valence-electron chi connectivity index (χ3n) is 1.35. The van der Waals surface area contributed by atoms with E-state index in [1.807, 2.05) is 0 Å². The molecular weight excluding hydrogens is 182 g/mol. The van der Waals surface area contributed by atoms with Crippen molar-refractivity contribution in [1.29, 1.82) is 0 Å². The first-order valence-electron chi connectivity index (χ1n) is 4.58. The zero-order chi connectivity index (χ0) is 11.2. The van der Waals surface area contributed by atoms with Crippen molar-refractivity contribution in [2.45, 2.75) is 33.3 Å². The third kappa shape index (κ3) is 7.61. The summed E-state index contributed by atoms with van der Waals surface area (Å²) < 4.78 is 5.01. The van der Waals surface area contributed by atoms with E-state index >= 15 is 0 Å². The molecule has 0 saturated carbocycles. The number of hydrogen-bond donors (Lipinski definition) is 2. The van der Waals surface area contributed by atoms with Crippen molar-refractivity contribution in [3.8, 4) is 0 Å². The Morgan fingerprint density at radius 2 is 2.07 bits per heavy atom. The smallest absolute Gasteiger partial charge is 0.407 e. The van der Waals surface area contributed by atoms with Crippen molar-refractivity contribution < 1.29 is 14.6 Å². The lowest BCUT2D eigenvalue weighted by molar-refractivity contribution is 0.0534. The van der Waals surface area contributed by atoms with E-state index in [4.69, 9.17) is 9.84 Å². The molecule has 0 unspecified atom stereocenters. The highest BCUT2D eigenvalue weighted by Crippen LogP contribution is 2.06. The summed E-state index contributed by atoms with van der Waals surface area (Å²) in [6, 6.07) is 0. The summed E-state index contributed by atoms with van der Waals surface area (Å²) in [5.74, 6) is 0. The van der Waals surface area contributed by atoms with Crippen LogP contribution in [0.5, 0.6) is 0 Å². The van der Waals surface area contributed by atoms with Crippen molar-refractivity contribution in [2.75, 3.05) is 13.2 Å². The van der Waals surface area contributed by atoms with E-state index in [1.165, 1.54) is 0 Å². The molecule has 0 aliphatic rings. The van der Waals surface area contributed by atoms with Crippen LogP contribution in [0.25, 0.3) is 0 Å². The Bertz CT molecular complexity index is 216. The van der Waals surface area contributed by atoms with Gasteiger partial charge in [-0.25, -0.2) is 4.79 Å². The Hall–Kier alpha value is -1.03. The average molecular weight is 201 g/mol. The third-order valence-corrected chi connectivity index (χ3v) is 1.35. The van der Waals surface area contributed by atoms with Crippen LogP contribution in [0.4, 0.5) is 4.79 Å². The van der Waals surface area contributed by atoms with Gasteiger partial charge in [-0.2, -0.15) is 0 Å². The summed E-state index contributed by atoms with van der Waals surface area (Å²) in [6.07, 6.45) is 1.30. The van der Waals surface area contributed by atoms with E-state index in [-0.39, 0.29) is 6.61 Å². The van der Waals surface area contributed by atoms with Crippen molar-refractivity contribution in [3.05, 3.63) is 11.6 Å². The molecule has 4 nitrogen and oxygen atoms in total. The fraction of sp³-hybridized carbons (Fsp3) is 0.700. The van der Waals surface area contributed by atoms with Crippen LogP contribution in [0.2, 0.25) is 0 Å². The van der Waals surface area contributed by atoms with Crippen LogP contribution in [-0.4, -0.2) is 30.0 Å². The monoisotopic (exact) mass is 201 g/mol. The van der Waals surface area contributed by atoms with Gasteiger partial charge in [0.25, 0.3) is 0 Å². The molecular formula is C10H19NO3. The Morgan fingerprint density at radius 3 is 2.50 bits per heavy atom. The molecule has 1 amide bonds. The molecule has 0 spiro atoms. The molecule has 0 rings (SSSR count). The van der Waals surface area contributed by atoms with Crippen molar-refractivity contribution in [3.63, 3.8) is 0 Å². The Morgan fingerprint density at radius 1 is 1.50 bits per heavy atom. The number of rotatable bonds is 3. The minimum Gasteiger partial charge on any atom is -0.444 e. The van der Waals surface area contributed by atoms with Gasteiger partial charge in [-0.3, -0.25) is 0 Å². The maximum atomic E-state index is 11.1. The second kappa shape index (κ2) is 5.65. The number of hydrogen-bond acceptors (Lipinski definition) is 3. The first-order chi connectivity index (χ1) is 6.35. The highest BCUT2D eigenvalue weighted by Gasteiger charge is 2.14. The largest absolute Gasteiger partial charge is 0.444 e. The lowest BCUT2D eigenvalue weighted by atomic mass is 10.2. The van der Waals surface area contributed by atoms with Gasteiger partial charge in [0.15, 0.2) is 0 Å². The number of alkyl carbamates (subject to hydrolysis) is 1. The second-order valence-corrected chi connectivity index (χ2v) is 4.09. The van der Waals surface area contributed by atoms with Gasteiger partial charge in [0.1, 0.15) is 5.60 Å². The molecule has 82 valence electrons. The molecule has 0 heterocycles. The molecule has 14 heavy (non-hydrogen) atoms. The second-order valence-electron chi connectivity index (χ2n) is 4.09. The molecule has 0 aliphatic carbocycles. The predicted octanol–water partition coefficient (Wildman–Crippen LogP) is 1.45. The number of amides is 1. The van der Waals surface area contributed by atoms with Gasteiger partial charge in [0.05, 0.1) is 6.61 Å². The molecule has 0 radical (unpaired) electrons. The van der Waals surface area contributed by atoms with Gasteiger partial charge in [0.2, 0.25) is 0 Å². The summed E-state index contributed by atoms with van der Waals surface area (Å²) in [4.78, 5) is 11.1. The minimum atomic E-state index is -0.472. The van der Waals surface area contributed by atoms with E-state index in [1.54, 1.807) is 33.8 Å².